The lowest BCUT2D eigenvalue weighted by molar-refractivity contribution is 0.459. The lowest BCUT2D eigenvalue weighted by Gasteiger charge is -2.23. The van der Waals surface area contributed by atoms with Crippen molar-refractivity contribution in [3.63, 3.8) is 0 Å². The normalized spacial score (nSPS) is 20.7. The number of hydrogen-bond acceptors (Lipinski definition) is 4. The van der Waals surface area contributed by atoms with Crippen molar-refractivity contribution in [3.8, 4) is 0 Å². The molecule has 1 atom stereocenters. The molecular weight excluding hydrogens is 262 g/mol. The van der Waals surface area contributed by atoms with Crippen LogP contribution in [0.15, 0.2) is 12.4 Å². The molecular formula is C13H18ClN5. The van der Waals surface area contributed by atoms with Gasteiger partial charge in [0.2, 0.25) is 0 Å². The van der Waals surface area contributed by atoms with Gasteiger partial charge in [0, 0.05) is 19.2 Å². The first kappa shape index (κ1) is 12.7. The second-order valence-electron chi connectivity index (χ2n) is 5.10. The molecule has 3 rings (SSSR count). The monoisotopic (exact) mass is 279 g/mol. The third kappa shape index (κ3) is 2.52. The summed E-state index contributed by atoms with van der Waals surface area (Å²) in [6, 6.07) is 1.88. The van der Waals surface area contributed by atoms with Gasteiger partial charge in [-0.15, -0.1) is 0 Å². The van der Waals surface area contributed by atoms with Gasteiger partial charge < -0.3 is 4.90 Å². The lowest BCUT2D eigenvalue weighted by Crippen LogP contribution is -2.26. The largest absolute Gasteiger partial charge is 0.356 e. The number of halogens is 1. The van der Waals surface area contributed by atoms with Crippen LogP contribution < -0.4 is 4.90 Å². The smallest absolute Gasteiger partial charge is 0.255 e. The minimum atomic E-state index is 0.479. The van der Waals surface area contributed by atoms with Gasteiger partial charge in [-0.2, -0.15) is 19.6 Å². The van der Waals surface area contributed by atoms with E-state index in [1.165, 1.54) is 32.0 Å². The van der Waals surface area contributed by atoms with Crippen molar-refractivity contribution in [2.24, 2.45) is 5.92 Å². The van der Waals surface area contributed by atoms with Crippen LogP contribution in [0, 0.1) is 5.92 Å². The molecule has 1 fully saturated rings. The van der Waals surface area contributed by atoms with Crippen LogP contribution in [0.2, 0.25) is 5.15 Å². The van der Waals surface area contributed by atoms with E-state index in [1.54, 1.807) is 4.52 Å². The molecule has 5 nitrogen and oxygen atoms in total. The van der Waals surface area contributed by atoms with Gasteiger partial charge in [-0.05, 0) is 25.2 Å². The van der Waals surface area contributed by atoms with Gasteiger partial charge in [0.05, 0.1) is 0 Å². The van der Waals surface area contributed by atoms with E-state index in [-0.39, 0.29) is 0 Å². The molecule has 3 heterocycles. The van der Waals surface area contributed by atoms with E-state index >= 15 is 0 Å². The molecule has 1 saturated heterocycles. The predicted molar refractivity (Wildman–Crippen MR) is 75.6 cm³/mol. The highest BCUT2D eigenvalue weighted by Crippen LogP contribution is 2.25. The summed E-state index contributed by atoms with van der Waals surface area (Å²) < 4.78 is 1.78. The topological polar surface area (TPSA) is 46.3 Å². The molecule has 0 amide bonds. The van der Waals surface area contributed by atoms with Crippen LogP contribution in [0.1, 0.15) is 32.6 Å². The molecule has 0 radical (unpaired) electrons. The number of rotatable bonds is 2. The molecule has 2 aromatic rings. The first-order valence-corrected chi connectivity index (χ1v) is 7.27. The Morgan fingerprint density at radius 3 is 3.11 bits per heavy atom. The molecule has 0 N–H and O–H groups in total. The SMILES string of the molecule is CCC1CCCN(c2cc(Cl)nc3ncnn23)CC1. The fourth-order valence-electron chi connectivity index (χ4n) is 2.80. The fraction of sp³-hybridized carbons (Fsp3) is 0.615. The van der Waals surface area contributed by atoms with Crippen LogP contribution in [0.5, 0.6) is 0 Å². The summed E-state index contributed by atoms with van der Waals surface area (Å²) in [5.74, 6) is 2.41. The van der Waals surface area contributed by atoms with Crippen molar-refractivity contribution in [3.05, 3.63) is 17.5 Å². The number of aromatic nitrogens is 4. The number of fused-ring (bicyclic) bond motifs is 1. The van der Waals surface area contributed by atoms with Crippen molar-refractivity contribution in [1.82, 2.24) is 19.6 Å². The van der Waals surface area contributed by atoms with Crippen LogP contribution in [-0.2, 0) is 0 Å². The van der Waals surface area contributed by atoms with Crippen molar-refractivity contribution >= 4 is 23.2 Å². The zero-order valence-electron chi connectivity index (χ0n) is 11.1. The maximum atomic E-state index is 6.08. The molecule has 1 unspecified atom stereocenters. The minimum Gasteiger partial charge on any atom is -0.356 e. The first-order chi connectivity index (χ1) is 9.28. The summed E-state index contributed by atoms with van der Waals surface area (Å²) in [5.41, 5.74) is 0. The van der Waals surface area contributed by atoms with E-state index in [1.807, 2.05) is 6.07 Å². The Balaban J connectivity index is 1.93. The summed E-state index contributed by atoms with van der Waals surface area (Å²) >= 11 is 6.08. The van der Waals surface area contributed by atoms with Crippen LogP contribution in [0.25, 0.3) is 5.78 Å². The average Bonchev–Trinajstić information content (AvgIpc) is 2.74. The molecule has 2 aromatic heterocycles. The van der Waals surface area contributed by atoms with Crippen molar-refractivity contribution < 1.29 is 0 Å². The Hall–Kier alpha value is -1.36. The highest BCUT2D eigenvalue weighted by molar-refractivity contribution is 6.29. The maximum Gasteiger partial charge on any atom is 0.255 e. The zero-order valence-corrected chi connectivity index (χ0v) is 11.8. The molecule has 102 valence electrons. The van der Waals surface area contributed by atoms with E-state index in [9.17, 15) is 0 Å². The highest BCUT2D eigenvalue weighted by Gasteiger charge is 2.19. The number of anilines is 1. The summed E-state index contributed by atoms with van der Waals surface area (Å²) in [6.45, 7) is 4.37. The van der Waals surface area contributed by atoms with E-state index in [0.29, 0.717) is 10.9 Å². The van der Waals surface area contributed by atoms with Crippen LogP contribution in [0.4, 0.5) is 5.82 Å². The highest BCUT2D eigenvalue weighted by atomic mass is 35.5. The average molecular weight is 280 g/mol. The summed E-state index contributed by atoms with van der Waals surface area (Å²) in [6.07, 6.45) is 6.55. The van der Waals surface area contributed by atoms with Gasteiger partial charge in [0.1, 0.15) is 17.3 Å². The van der Waals surface area contributed by atoms with E-state index in [4.69, 9.17) is 11.6 Å². The third-order valence-corrected chi connectivity index (χ3v) is 4.14. The Morgan fingerprint density at radius 1 is 1.37 bits per heavy atom. The van der Waals surface area contributed by atoms with Crippen LogP contribution in [-0.4, -0.2) is 32.7 Å². The number of hydrogen-bond donors (Lipinski definition) is 0. The van der Waals surface area contributed by atoms with Crippen molar-refractivity contribution in [1.29, 1.82) is 0 Å². The Kier molecular flexibility index (Phi) is 3.55. The van der Waals surface area contributed by atoms with Gasteiger partial charge in [-0.25, -0.2) is 0 Å². The molecule has 1 aliphatic rings. The van der Waals surface area contributed by atoms with Crippen LogP contribution >= 0.6 is 11.6 Å². The molecule has 19 heavy (non-hydrogen) atoms. The van der Waals surface area contributed by atoms with Crippen LogP contribution in [0.3, 0.4) is 0 Å². The predicted octanol–water partition coefficient (Wildman–Crippen LogP) is 2.79. The van der Waals surface area contributed by atoms with Gasteiger partial charge >= 0.3 is 0 Å². The van der Waals surface area contributed by atoms with Gasteiger partial charge in [-0.3, -0.25) is 0 Å². The fourth-order valence-corrected chi connectivity index (χ4v) is 2.97. The second-order valence-corrected chi connectivity index (χ2v) is 5.49. The Labute approximate surface area is 117 Å². The first-order valence-electron chi connectivity index (χ1n) is 6.89. The van der Waals surface area contributed by atoms with Gasteiger partial charge in [-0.1, -0.05) is 24.9 Å². The standard InChI is InChI=1S/C13H18ClN5/c1-2-10-4-3-6-18(7-5-10)12-8-11(14)17-13-15-9-16-19(12)13/h8-10H,2-7H2,1H3. The Morgan fingerprint density at radius 2 is 2.26 bits per heavy atom. The van der Waals surface area contributed by atoms with Gasteiger partial charge in [0.25, 0.3) is 5.78 Å². The maximum absolute atomic E-state index is 6.08. The quantitative estimate of drug-likeness (QED) is 0.793. The molecule has 0 aliphatic carbocycles. The molecule has 0 spiro atoms. The van der Waals surface area contributed by atoms with E-state index in [0.717, 1.165) is 24.8 Å². The van der Waals surface area contributed by atoms with Gasteiger partial charge in [0.15, 0.2) is 0 Å². The third-order valence-electron chi connectivity index (χ3n) is 3.95. The zero-order chi connectivity index (χ0) is 13.2. The molecule has 0 saturated carbocycles. The summed E-state index contributed by atoms with van der Waals surface area (Å²) in [4.78, 5) is 10.6. The lowest BCUT2D eigenvalue weighted by atomic mass is 9.98. The molecule has 1 aliphatic heterocycles. The number of nitrogens with zero attached hydrogens (tertiary/aromatic N) is 5. The van der Waals surface area contributed by atoms with Crippen molar-refractivity contribution in [2.45, 2.75) is 32.6 Å². The minimum absolute atomic E-state index is 0.479. The Bertz CT molecular complexity index is 567. The van der Waals surface area contributed by atoms with Crippen molar-refractivity contribution in [2.75, 3.05) is 18.0 Å². The molecule has 6 heteroatoms. The summed E-state index contributed by atoms with van der Waals surface area (Å²) in [7, 11) is 0. The molecule has 0 bridgehead atoms. The molecule has 0 aromatic carbocycles. The second kappa shape index (κ2) is 5.33. The van der Waals surface area contributed by atoms with E-state index < -0.39 is 0 Å². The van der Waals surface area contributed by atoms with E-state index in [2.05, 4.69) is 26.9 Å². The summed E-state index contributed by atoms with van der Waals surface area (Å²) in [5, 5.41) is 4.73.